The first-order valence-corrected chi connectivity index (χ1v) is 4.69. The Bertz CT molecular complexity index is 360. The van der Waals surface area contributed by atoms with E-state index in [1.54, 1.807) is 0 Å². The number of ether oxygens (including phenoxy) is 2. The molecular weight excluding hydrogens is 239 g/mol. The molecule has 0 bridgehead atoms. The Labute approximate surface area is 95.8 Å². The number of nitrogens with two attached hydrogens (primary N) is 1. The highest BCUT2D eigenvalue weighted by Gasteiger charge is 2.28. The van der Waals surface area contributed by atoms with Crippen LogP contribution in [-0.4, -0.2) is 36.5 Å². The van der Waals surface area contributed by atoms with E-state index < -0.39 is 18.8 Å². The van der Waals surface area contributed by atoms with Crippen LogP contribution in [0.2, 0.25) is 0 Å². The second-order valence-corrected chi connectivity index (χ2v) is 3.19. The number of rotatable bonds is 5. The van der Waals surface area contributed by atoms with Crippen LogP contribution in [0.4, 0.5) is 13.2 Å². The standard InChI is InChI=1S/C9H12F3N3O2/c1-16-8-7(14-2-3-15-8)6(13)4-17-5-9(10,11)12/h2-3,6H,4-5,13H2,1H3. The molecule has 1 aromatic rings. The summed E-state index contributed by atoms with van der Waals surface area (Å²) < 4.78 is 44.8. The van der Waals surface area contributed by atoms with E-state index in [4.69, 9.17) is 10.5 Å². The lowest BCUT2D eigenvalue weighted by Gasteiger charge is -2.14. The van der Waals surface area contributed by atoms with E-state index in [2.05, 4.69) is 14.7 Å². The third-order valence-electron chi connectivity index (χ3n) is 1.80. The van der Waals surface area contributed by atoms with Crippen LogP contribution >= 0.6 is 0 Å². The third kappa shape index (κ3) is 4.53. The summed E-state index contributed by atoms with van der Waals surface area (Å²) in [5, 5.41) is 0. The number of hydrogen-bond donors (Lipinski definition) is 1. The zero-order valence-electron chi connectivity index (χ0n) is 9.07. The summed E-state index contributed by atoms with van der Waals surface area (Å²) in [5.74, 6) is 0.176. The molecule has 0 aliphatic rings. The smallest absolute Gasteiger partial charge is 0.411 e. The number of halogens is 3. The topological polar surface area (TPSA) is 70.3 Å². The summed E-state index contributed by atoms with van der Waals surface area (Å²) in [6.07, 6.45) is -1.60. The summed E-state index contributed by atoms with van der Waals surface area (Å²) in [4.78, 5) is 7.72. The van der Waals surface area contributed by atoms with Gasteiger partial charge in [-0.2, -0.15) is 13.2 Å². The Morgan fingerprint density at radius 1 is 1.35 bits per heavy atom. The molecule has 1 unspecified atom stereocenters. The summed E-state index contributed by atoms with van der Waals surface area (Å²) in [6.45, 7) is -1.65. The van der Waals surface area contributed by atoms with E-state index in [1.807, 2.05) is 0 Å². The molecule has 0 spiro atoms. The van der Waals surface area contributed by atoms with Gasteiger partial charge in [-0.05, 0) is 0 Å². The molecule has 1 heterocycles. The molecule has 2 N–H and O–H groups in total. The highest BCUT2D eigenvalue weighted by atomic mass is 19.4. The molecule has 17 heavy (non-hydrogen) atoms. The zero-order valence-corrected chi connectivity index (χ0v) is 9.07. The van der Waals surface area contributed by atoms with Gasteiger partial charge in [-0.15, -0.1) is 0 Å². The maximum Gasteiger partial charge on any atom is 0.411 e. The molecule has 0 aromatic carbocycles. The highest BCUT2D eigenvalue weighted by Crippen LogP contribution is 2.19. The van der Waals surface area contributed by atoms with Crippen LogP contribution in [-0.2, 0) is 4.74 Å². The van der Waals surface area contributed by atoms with Gasteiger partial charge in [0, 0.05) is 12.4 Å². The first-order valence-electron chi connectivity index (χ1n) is 4.69. The van der Waals surface area contributed by atoms with Gasteiger partial charge in [-0.25, -0.2) is 4.98 Å². The molecule has 1 rings (SSSR count). The molecule has 8 heteroatoms. The lowest BCUT2D eigenvalue weighted by molar-refractivity contribution is -0.174. The molecule has 1 atom stereocenters. The summed E-state index contributed by atoms with van der Waals surface area (Å²) in [7, 11) is 1.37. The number of hydrogen-bond acceptors (Lipinski definition) is 5. The Balaban J connectivity index is 2.55. The minimum atomic E-state index is -4.37. The van der Waals surface area contributed by atoms with E-state index in [1.165, 1.54) is 19.5 Å². The van der Waals surface area contributed by atoms with Crippen molar-refractivity contribution in [3.63, 3.8) is 0 Å². The molecule has 0 saturated heterocycles. The van der Waals surface area contributed by atoms with Crippen LogP contribution in [0.3, 0.4) is 0 Å². The lowest BCUT2D eigenvalue weighted by Crippen LogP contribution is -2.24. The number of methoxy groups -OCH3 is 1. The van der Waals surface area contributed by atoms with Crippen LogP contribution < -0.4 is 10.5 Å². The molecule has 0 fully saturated rings. The lowest BCUT2D eigenvalue weighted by atomic mass is 10.2. The quantitative estimate of drug-likeness (QED) is 0.847. The number of aromatic nitrogens is 2. The SMILES string of the molecule is COc1nccnc1C(N)COCC(F)(F)F. The molecule has 0 aliphatic heterocycles. The van der Waals surface area contributed by atoms with Crippen LogP contribution in [0.1, 0.15) is 11.7 Å². The van der Waals surface area contributed by atoms with E-state index in [9.17, 15) is 13.2 Å². The summed E-state index contributed by atoms with van der Waals surface area (Å²) >= 11 is 0. The first-order chi connectivity index (χ1) is 7.94. The molecule has 5 nitrogen and oxygen atoms in total. The van der Waals surface area contributed by atoms with Crippen molar-refractivity contribution in [1.29, 1.82) is 0 Å². The van der Waals surface area contributed by atoms with Gasteiger partial charge in [-0.1, -0.05) is 0 Å². The van der Waals surface area contributed by atoms with Gasteiger partial charge < -0.3 is 15.2 Å². The zero-order chi connectivity index (χ0) is 12.9. The average Bonchev–Trinajstić information content (AvgIpc) is 2.27. The third-order valence-corrected chi connectivity index (χ3v) is 1.80. The molecule has 1 aromatic heterocycles. The van der Waals surface area contributed by atoms with Gasteiger partial charge in [0.25, 0.3) is 0 Å². The second kappa shape index (κ2) is 5.78. The van der Waals surface area contributed by atoms with Crippen molar-refractivity contribution in [3.8, 4) is 5.88 Å². The van der Waals surface area contributed by atoms with Gasteiger partial charge in [0.05, 0.1) is 19.8 Å². The number of nitrogens with zero attached hydrogens (tertiary/aromatic N) is 2. The highest BCUT2D eigenvalue weighted by molar-refractivity contribution is 5.20. The molecule has 0 saturated carbocycles. The van der Waals surface area contributed by atoms with Crippen molar-refractivity contribution in [2.75, 3.05) is 20.3 Å². The second-order valence-electron chi connectivity index (χ2n) is 3.19. The van der Waals surface area contributed by atoms with Crippen molar-refractivity contribution < 1.29 is 22.6 Å². The van der Waals surface area contributed by atoms with Gasteiger partial charge in [0.15, 0.2) is 0 Å². The maximum atomic E-state index is 11.8. The Morgan fingerprint density at radius 3 is 2.59 bits per heavy atom. The van der Waals surface area contributed by atoms with Crippen molar-refractivity contribution >= 4 is 0 Å². The van der Waals surface area contributed by atoms with Gasteiger partial charge in [0.2, 0.25) is 5.88 Å². The molecule has 0 radical (unpaired) electrons. The van der Waals surface area contributed by atoms with Crippen molar-refractivity contribution in [2.45, 2.75) is 12.2 Å². The van der Waals surface area contributed by atoms with Gasteiger partial charge in [0.1, 0.15) is 12.3 Å². The van der Waals surface area contributed by atoms with Crippen LogP contribution in [0.5, 0.6) is 5.88 Å². The van der Waals surface area contributed by atoms with Crippen molar-refractivity contribution in [2.24, 2.45) is 5.73 Å². The summed E-state index contributed by atoms with van der Waals surface area (Å²) in [6, 6.07) is -0.819. The molecule has 0 aliphatic carbocycles. The Kier molecular flexibility index (Phi) is 4.64. The molecular formula is C9H12F3N3O2. The molecule has 0 amide bonds. The Morgan fingerprint density at radius 2 is 2.00 bits per heavy atom. The van der Waals surface area contributed by atoms with E-state index in [0.717, 1.165) is 0 Å². The normalized spacial score (nSPS) is 13.5. The first kappa shape index (κ1) is 13.7. The van der Waals surface area contributed by atoms with E-state index in [-0.39, 0.29) is 18.2 Å². The molecule has 96 valence electrons. The maximum absolute atomic E-state index is 11.8. The van der Waals surface area contributed by atoms with E-state index in [0.29, 0.717) is 0 Å². The largest absolute Gasteiger partial charge is 0.480 e. The predicted octanol–water partition coefficient (Wildman–Crippen LogP) is 1.06. The van der Waals surface area contributed by atoms with Crippen LogP contribution in [0.25, 0.3) is 0 Å². The van der Waals surface area contributed by atoms with E-state index >= 15 is 0 Å². The van der Waals surface area contributed by atoms with Crippen LogP contribution in [0, 0.1) is 0 Å². The fraction of sp³-hybridized carbons (Fsp3) is 0.556. The van der Waals surface area contributed by atoms with Crippen molar-refractivity contribution in [3.05, 3.63) is 18.1 Å². The predicted molar refractivity (Wildman–Crippen MR) is 52.4 cm³/mol. The average molecular weight is 251 g/mol. The number of alkyl halides is 3. The monoisotopic (exact) mass is 251 g/mol. The fourth-order valence-corrected chi connectivity index (χ4v) is 1.13. The van der Waals surface area contributed by atoms with Crippen molar-refractivity contribution in [1.82, 2.24) is 9.97 Å². The van der Waals surface area contributed by atoms with Gasteiger partial charge in [-0.3, -0.25) is 4.98 Å². The van der Waals surface area contributed by atoms with Crippen LogP contribution in [0.15, 0.2) is 12.4 Å². The fourth-order valence-electron chi connectivity index (χ4n) is 1.13. The minimum absolute atomic E-state index is 0.176. The van der Waals surface area contributed by atoms with Gasteiger partial charge >= 0.3 is 6.18 Å². The minimum Gasteiger partial charge on any atom is -0.480 e. The Hall–Kier alpha value is -1.41. The summed E-state index contributed by atoms with van der Waals surface area (Å²) in [5.41, 5.74) is 5.89.